The van der Waals surface area contributed by atoms with E-state index in [1.165, 1.54) is 0 Å². The van der Waals surface area contributed by atoms with Gasteiger partial charge in [0.15, 0.2) is 5.82 Å². The molecule has 0 spiro atoms. The van der Waals surface area contributed by atoms with Crippen molar-refractivity contribution in [3.8, 4) is 23.2 Å². The lowest BCUT2D eigenvalue weighted by molar-refractivity contribution is -0.113. The zero-order chi connectivity index (χ0) is 26.9. The highest BCUT2D eigenvalue weighted by Gasteiger charge is 2.35. The number of hydrogen-bond donors (Lipinski definition) is 2. The molecule has 5 aromatic rings. The summed E-state index contributed by atoms with van der Waals surface area (Å²) >= 11 is 0. The Balaban J connectivity index is 1.48. The third kappa shape index (κ3) is 4.26. The number of methoxy groups -OCH3 is 1. The van der Waals surface area contributed by atoms with E-state index in [4.69, 9.17) is 14.8 Å². The number of nitrogens with one attached hydrogen (secondary N) is 2. The van der Waals surface area contributed by atoms with E-state index in [0.29, 0.717) is 40.0 Å². The second-order valence-electron chi connectivity index (χ2n) is 9.18. The van der Waals surface area contributed by atoms with Crippen LogP contribution in [0.3, 0.4) is 0 Å². The fourth-order valence-corrected chi connectivity index (χ4v) is 4.97. The number of hydrogen-bond acceptors (Lipinski definition) is 6. The zero-order valence-corrected chi connectivity index (χ0v) is 21.3. The lowest BCUT2D eigenvalue weighted by atomic mass is 9.94. The highest BCUT2D eigenvalue weighted by molar-refractivity contribution is 6.06. The average molecular weight is 513 g/mol. The van der Waals surface area contributed by atoms with Crippen LogP contribution in [0.5, 0.6) is 5.75 Å². The first-order valence-corrected chi connectivity index (χ1v) is 12.4. The van der Waals surface area contributed by atoms with Gasteiger partial charge in [-0.05, 0) is 47.5 Å². The summed E-state index contributed by atoms with van der Waals surface area (Å²) in [7, 11) is 1.56. The predicted octanol–water partition coefficient (Wildman–Crippen LogP) is 5.91. The summed E-state index contributed by atoms with van der Waals surface area (Å²) in [5.74, 6) is 1.33. The summed E-state index contributed by atoms with van der Waals surface area (Å²) in [4.78, 5) is 18.7. The Bertz CT molecular complexity index is 1790. The smallest absolute Gasteiger partial charge is 0.255 e. The molecule has 0 bridgehead atoms. The molecule has 1 atom stereocenters. The minimum atomic E-state index is -0.583. The second kappa shape index (κ2) is 9.80. The molecule has 6 rings (SSSR count). The number of aromatic nitrogens is 3. The molecule has 0 fully saturated rings. The molecule has 2 heterocycles. The van der Waals surface area contributed by atoms with Crippen LogP contribution in [0.1, 0.15) is 24.1 Å². The number of nitrogens with zero attached hydrogens (tertiary/aromatic N) is 4. The van der Waals surface area contributed by atoms with Crippen LogP contribution >= 0.6 is 0 Å². The van der Waals surface area contributed by atoms with Crippen LogP contribution in [0.2, 0.25) is 0 Å². The van der Waals surface area contributed by atoms with Crippen LogP contribution < -0.4 is 15.4 Å². The first-order chi connectivity index (χ1) is 19.1. The molecule has 1 aliphatic heterocycles. The van der Waals surface area contributed by atoms with Crippen LogP contribution in [0.25, 0.3) is 22.2 Å². The SMILES string of the molecule is COc1ccccc1NC(=O)C1=C(C)Nc2nc(-c3cccc4ccccc34)nn2C1c1ccc(C#N)cc1. The van der Waals surface area contributed by atoms with Crippen molar-refractivity contribution in [3.05, 3.63) is 113 Å². The molecular formula is C31H24N6O2. The van der Waals surface area contributed by atoms with Crippen LogP contribution in [-0.4, -0.2) is 27.8 Å². The summed E-state index contributed by atoms with van der Waals surface area (Å²) in [5, 5.41) is 22.7. The standard InChI is InChI=1S/C31H24N6O2/c1-19-27(30(38)34-25-12-5-6-13-26(25)39-2)28(22-16-14-20(18-32)15-17-22)37-31(33-19)35-29(36-37)24-11-7-9-21-8-3-4-10-23(21)24/h3-17,28H,1-2H3,(H,34,38)(H,33,35,36). The predicted molar refractivity (Wildman–Crippen MR) is 150 cm³/mol. The van der Waals surface area contributed by atoms with Crippen molar-refractivity contribution in [1.82, 2.24) is 14.8 Å². The summed E-state index contributed by atoms with van der Waals surface area (Å²) in [6, 6.07) is 30.1. The topological polar surface area (TPSA) is 105 Å². The molecule has 1 amide bonds. The molecule has 0 saturated carbocycles. The molecule has 8 nitrogen and oxygen atoms in total. The Labute approximate surface area is 225 Å². The van der Waals surface area contributed by atoms with Gasteiger partial charge >= 0.3 is 0 Å². The van der Waals surface area contributed by atoms with Gasteiger partial charge in [0.2, 0.25) is 5.95 Å². The number of ether oxygens (including phenoxy) is 1. The number of fused-ring (bicyclic) bond motifs is 2. The fourth-order valence-electron chi connectivity index (χ4n) is 4.97. The molecule has 0 aliphatic carbocycles. The third-order valence-electron chi connectivity index (χ3n) is 6.84. The largest absolute Gasteiger partial charge is 0.495 e. The van der Waals surface area contributed by atoms with Crippen LogP contribution in [0.4, 0.5) is 11.6 Å². The summed E-state index contributed by atoms with van der Waals surface area (Å²) in [5.41, 5.74) is 3.92. The van der Waals surface area contributed by atoms with Gasteiger partial charge in [-0.15, -0.1) is 5.10 Å². The van der Waals surface area contributed by atoms with Gasteiger partial charge in [0.05, 0.1) is 30.0 Å². The minimum absolute atomic E-state index is 0.299. The first kappa shape index (κ1) is 23.9. The van der Waals surface area contributed by atoms with Crippen molar-refractivity contribution < 1.29 is 9.53 Å². The number of carbonyl (C=O) groups excluding carboxylic acids is 1. The summed E-state index contributed by atoms with van der Waals surface area (Å²) in [6.45, 7) is 1.85. The highest BCUT2D eigenvalue weighted by Crippen LogP contribution is 2.38. The van der Waals surface area contributed by atoms with Crippen molar-refractivity contribution >= 4 is 28.3 Å². The molecule has 39 heavy (non-hydrogen) atoms. The number of anilines is 2. The van der Waals surface area contributed by atoms with Gasteiger partial charge in [0, 0.05) is 11.3 Å². The summed E-state index contributed by atoms with van der Waals surface area (Å²) < 4.78 is 7.18. The number of allylic oxidation sites excluding steroid dienone is 1. The van der Waals surface area contributed by atoms with Crippen molar-refractivity contribution in [2.45, 2.75) is 13.0 Å². The molecule has 8 heteroatoms. The van der Waals surface area contributed by atoms with Crippen molar-refractivity contribution in [1.29, 1.82) is 5.26 Å². The molecule has 1 unspecified atom stereocenters. The quantitative estimate of drug-likeness (QED) is 0.304. The van der Waals surface area contributed by atoms with E-state index in [2.05, 4.69) is 28.8 Å². The number of nitriles is 1. The molecule has 190 valence electrons. The van der Waals surface area contributed by atoms with Crippen LogP contribution in [-0.2, 0) is 4.79 Å². The van der Waals surface area contributed by atoms with Gasteiger partial charge < -0.3 is 15.4 Å². The van der Waals surface area contributed by atoms with E-state index >= 15 is 0 Å². The average Bonchev–Trinajstić information content (AvgIpc) is 3.39. The van der Waals surface area contributed by atoms with Crippen molar-refractivity contribution in [2.24, 2.45) is 0 Å². The van der Waals surface area contributed by atoms with E-state index in [0.717, 1.165) is 21.9 Å². The fraction of sp³-hybridized carbons (Fsp3) is 0.0968. The van der Waals surface area contributed by atoms with E-state index in [9.17, 15) is 10.1 Å². The van der Waals surface area contributed by atoms with E-state index < -0.39 is 6.04 Å². The lowest BCUT2D eigenvalue weighted by Crippen LogP contribution is -2.31. The van der Waals surface area contributed by atoms with Gasteiger partial charge in [-0.1, -0.05) is 66.7 Å². The second-order valence-corrected chi connectivity index (χ2v) is 9.18. The molecule has 1 aliphatic rings. The number of amides is 1. The maximum atomic E-state index is 13.8. The zero-order valence-electron chi connectivity index (χ0n) is 21.3. The number of benzene rings is 4. The van der Waals surface area contributed by atoms with E-state index in [1.807, 2.05) is 61.5 Å². The number of rotatable bonds is 5. The molecule has 0 saturated heterocycles. The Morgan fingerprint density at radius 2 is 1.74 bits per heavy atom. The van der Waals surface area contributed by atoms with Gasteiger partial charge in [0.1, 0.15) is 11.8 Å². The molecule has 0 radical (unpaired) electrons. The van der Waals surface area contributed by atoms with Crippen LogP contribution in [0.15, 0.2) is 102 Å². The molecule has 2 N–H and O–H groups in total. The van der Waals surface area contributed by atoms with Crippen molar-refractivity contribution in [2.75, 3.05) is 17.7 Å². The molecular weight excluding hydrogens is 488 g/mol. The summed E-state index contributed by atoms with van der Waals surface area (Å²) in [6.07, 6.45) is 0. The first-order valence-electron chi connectivity index (χ1n) is 12.4. The highest BCUT2D eigenvalue weighted by atomic mass is 16.5. The Hall–Kier alpha value is -5.42. The van der Waals surface area contributed by atoms with Gasteiger partial charge in [0.25, 0.3) is 5.91 Å². The Morgan fingerprint density at radius 1 is 1.00 bits per heavy atom. The molecule has 4 aromatic carbocycles. The minimum Gasteiger partial charge on any atom is -0.495 e. The molecule has 1 aromatic heterocycles. The van der Waals surface area contributed by atoms with E-state index in [1.54, 1.807) is 36.1 Å². The van der Waals surface area contributed by atoms with E-state index in [-0.39, 0.29) is 5.91 Å². The van der Waals surface area contributed by atoms with Gasteiger partial charge in [-0.25, -0.2) is 4.68 Å². The van der Waals surface area contributed by atoms with Crippen molar-refractivity contribution in [3.63, 3.8) is 0 Å². The third-order valence-corrected chi connectivity index (χ3v) is 6.84. The Morgan fingerprint density at radius 3 is 2.54 bits per heavy atom. The number of carbonyl (C=O) groups is 1. The maximum absolute atomic E-state index is 13.8. The maximum Gasteiger partial charge on any atom is 0.255 e. The number of para-hydroxylation sites is 2. The van der Waals surface area contributed by atoms with Crippen LogP contribution in [0, 0.1) is 11.3 Å². The monoisotopic (exact) mass is 512 g/mol. The lowest BCUT2D eigenvalue weighted by Gasteiger charge is -2.28. The van der Waals surface area contributed by atoms with Gasteiger partial charge in [-0.3, -0.25) is 4.79 Å². The van der Waals surface area contributed by atoms with Gasteiger partial charge in [-0.2, -0.15) is 10.2 Å². The normalized spacial score (nSPS) is 14.3. The Kier molecular flexibility index (Phi) is 6.02.